The number of ether oxygens (including phenoxy) is 2. The number of carbonyl (C=O) groups excluding carboxylic acids is 2. The molecule has 0 aliphatic heterocycles. The van der Waals surface area contributed by atoms with Gasteiger partial charge in [0.15, 0.2) is 10.9 Å². The number of aryl methyl sites for hydroxylation is 2. The zero-order valence-electron chi connectivity index (χ0n) is 22.6. The number of nitrogens with one attached hydrogen (secondary N) is 1. The molecule has 0 spiro atoms. The van der Waals surface area contributed by atoms with E-state index in [-0.39, 0.29) is 17.2 Å². The van der Waals surface area contributed by atoms with Gasteiger partial charge >= 0.3 is 0 Å². The fourth-order valence-electron chi connectivity index (χ4n) is 4.05. The van der Waals surface area contributed by atoms with Crippen molar-refractivity contribution in [1.82, 2.24) is 14.9 Å². The lowest BCUT2D eigenvalue weighted by Gasteiger charge is -2.17. The molecule has 8 nitrogen and oxygen atoms in total. The first-order chi connectivity index (χ1) is 18.7. The minimum absolute atomic E-state index is 0.0648. The Morgan fingerprint density at radius 2 is 1.69 bits per heavy atom. The van der Waals surface area contributed by atoms with Crippen LogP contribution in [0.1, 0.15) is 38.8 Å². The molecule has 202 valence electrons. The van der Waals surface area contributed by atoms with Crippen molar-refractivity contribution in [3.63, 3.8) is 0 Å². The van der Waals surface area contributed by atoms with Crippen molar-refractivity contribution in [2.45, 2.75) is 31.2 Å². The van der Waals surface area contributed by atoms with Gasteiger partial charge in [-0.15, -0.1) is 0 Å². The van der Waals surface area contributed by atoms with Gasteiger partial charge in [0.1, 0.15) is 5.75 Å². The first kappa shape index (κ1) is 28.1. The van der Waals surface area contributed by atoms with Crippen molar-refractivity contribution in [1.29, 1.82) is 0 Å². The van der Waals surface area contributed by atoms with Crippen molar-refractivity contribution in [3.8, 4) is 11.4 Å². The van der Waals surface area contributed by atoms with Crippen molar-refractivity contribution in [2.75, 3.05) is 27.4 Å². The van der Waals surface area contributed by atoms with Crippen LogP contribution in [0.2, 0.25) is 0 Å². The van der Waals surface area contributed by atoms with Crippen molar-refractivity contribution >= 4 is 34.4 Å². The summed E-state index contributed by atoms with van der Waals surface area (Å²) in [4.78, 5) is 44.5. The van der Waals surface area contributed by atoms with Gasteiger partial charge in [0.05, 0.1) is 35.6 Å². The van der Waals surface area contributed by atoms with Crippen LogP contribution in [0.3, 0.4) is 0 Å². The van der Waals surface area contributed by atoms with Crippen LogP contribution in [0.5, 0.6) is 5.75 Å². The summed E-state index contributed by atoms with van der Waals surface area (Å²) in [6.07, 6.45) is 0. The topological polar surface area (TPSA) is 99.5 Å². The molecule has 9 heteroatoms. The van der Waals surface area contributed by atoms with Gasteiger partial charge in [-0.2, -0.15) is 0 Å². The third kappa shape index (κ3) is 6.21. The summed E-state index contributed by atoms with van der Waals surface area (Å²) in [6.45, 7) is 6.52. The van der Waals surface area contributed by atoms with Crippen LogP contribution in [0, 0.1) is 13.8 Å². The summed E-state index contributed by atoms with van der Waals surface area (Å²) in [6, 6.07) is 17.5. The molecule has 0 saturated heterocycles. The van der Waals surface area contributed by atoms with Gasteiger partial charge in [-0.25, -0.2) is 4.98 Å². The lowest BCUT2D eigenvalue weighted by molar-refractivity contribution is 0.0936. The van der Waals surface area contributed by atoms with Crippen molar-refractivity contribution in [2.24, 2.45) is 0 Å². The van der Waals surface area contributed by atoms with E-state index in [4.69, 9.17) is 14.5 Å². The van der Waals surface area contributed by atoms with Crippen LogP contribution in [0.4, 0.5) is 0 Å². The average Bonchev–Trinajstić information content (AvgIpc) is 2.94. The number of rotatable bonds is 10. The van der Waals surface area contributed by atoms with Crippen molar-refractivity contribution < 1.29 is 19.1 Å². The largest absolute Gasteiger partial charge is 0.497 e. The minimum Gasteiger partial charge on any atom is -0.497 e. The van der Waals surface area contributed by atoms with E-state index < -0.39 is 5.25 Å². The molecule has 0 radical (unpaired) electrons. The number of fused-ring (bicyclic) bond motifs is 1. The van der Waals surface area contributed by atoms with Crippen LogP contribution in [0.15, 0.2) is 70.6 Å². The lowest BCUT2D eigenvalue weighted by atomic mass is 10.0. The number of methoxy groups -OCH3 is 2. The van der Waals surface area contributed by atoms with E-state index in [1.54, 1.807) is 63.6 Å². The van der Waals surface area contributed by atoms with Crippen LogP contribution in [0.25, 0.3) is 16.6 Å². The third-order valence-electron chi connectivity index (χ3n) is 6.47. The van der Waals surface area contributed by atoms with E-state index in [0.717, 1.165) is 11.1 Å². The number of amides is 1. The number of aromatic nitrogens is 2. The lowest BCUT2D eigenvalue weighted by Crippen LogP contribution is -2.27. The summed E-state index contributed by atoms with van der Waals surface area (Å²) in [5.41, 5.74) is 3.79. The Morgan fingerprint density at radius 3 is 2.36 bits per heavy atom. The van der Waals surface area contributed by atoms with Gasteiger partial charge in [-0.1, -0.05) is 23.9 Å². The summed E-state index contributed by atoms with van der Waals surface area (Å²) in [5, 5.41) is 2.96. The molecule has 0 fully saturated rings. The van der Waals surface area contributed by atoms with E-state index in [9.17, 15) is 14.4 Å². The maximum atomic E-state index is 13.8. The predicted molar refractivity (Wildman–Crippen MR) is 154 cm³/mol. The van der Waals surface area contributed by atoms with E-state index in [1.807, 2.05) is 32.0 Å². The number of thioether (sulfide) groups is 1. The van der Waals surface area contributed by atoms with E-state index in [2.05, 4.69) is 5.32 Å². The van der Waals surface area contributed by atoms with Crippen LogP contribution in [-0.4, -0.2) is 53.9 Å². The molecule has 0 bridgehead atoms. The SMILES string of the molecule is COCCNC(=O)c1ccc2c(=O)n(-c3ccc(OC)cc3)c(S[C@H](C)C(=O)c3ccc(C)c(C)c3)nc2c1. The molecule has 1 atom stereocenters. The fraction of sp³-hybridized carbons (Fsp3) is 0.267. The Labute approximate surface area is 231 Å². The molecule has 4 rings (SSSR count). The fourth-order valence-corrected chi connectivity index (χ4v) is 5.06. The second-order valence-electron chi connectivity index (χ2n) is 9.14. The maximum absolute atomic E-state index is 13.8. The second kappa shape index (κ2) is 12.3. The number of hydrogen-bond donors (Lipinski definition) is 1. The van der Waals surface area contributed by atoms with Crippen LogP contribution >= 0.6 is 11.8 Å². The Morgan fingerprint density at radius 1 is 0.974 bits per heavy atom. The molecule has 1 amide bonds. The normalized spacial score (nSPS) is 11.8. The number of hydrogen-bond acceptors (Lipinski definition) is 7. The zero-order valence-corrected chi connectivity index (χ0v) is 23.4. The van der Waals surface area contributed by atoms with Gasteiger partial charge in [-0.3, -0.25) is 19.0 Å². The second-order valence-corrected chi connectivity index (χ2v) is 10.4. The van der Waals surface area contributed by atoms with E-state index in [1.165, 1.54) is 16.3 Å². The molecule has 4 aromatic rings. The first-order valence-electron chi connectivity index (χ1n) is 12.5. The zero-order chi connectivity index (χ0) is 28.1. The van der Waals surface area contributed by atoms with Gasteiger partial charge in [0.2, 0.25) is 0 Å². The highest BCUT2D eigenvalue weighted by molar-refractivity contribution is 8.00. The number of ketones is 1. The Balaban J connectivity index is 1.78. The van der Waals surface area contributed by atoms with E-state index >= 15 is 0 Å². The summed E-state index contributed by atoms with van der Waals surface area (Å²) >= 11 is 1.20. The number of benzene rings is 3. The van der Waals surface area contributed by atoms with Gasteiger partial charge in [0, 0.05) is 24.8 Å². The van der Waals surface area contributed by atoms with Gasteiger partial charge in [-0.05, 0) is 80.4 Å². The average molecular weight is 546 g/mol. The molecule has 0 aliphatic rings. The molecule has 3 aromatic carbocycles. The highest BCUT2D eigenvalue weighted by Crippen LogP contribution is 2.28. The Kier molecular flexibility index (Phi) is 8.83. The molecular formula is C30H31N3O5S. The summed E-state index contributed by atoms with van der Waals surface area (Å²) < 4.78 is 11.8. The number of nitrogens with zero attached hydrogens (tertiary/aromatic N) is 2. The van der Waals surface area contributed by atoms with Gasteiger partial charge in [0.25, 0.3) is 11.5 Å². The smallest absolute Gasteiger partial charge is 0.266 e. The maximum Gasteiger partial charge on any atom is 0.266 e. The van der Waals surface area contributed by atoms with Crippen LogP contribution < -0.4 is 15.6 Å². The highest BCUT2D eigenvalue weighted by atomic mass is 32.2. The molecule has 1 heterocycles. The quantitative estimate of drug-likeness (QED) is 0.133. The number of Topliss-reactive ketones (excluding diaryl/α,β-unsaturated/α-hetero) is 1. The third-order valence-corrected chi connectivity index (χ3v) is 7.52. The first-order valence-corrected chi connectivity index (χ1v) is 13.4. The highest BCUT2D eigenvalue weighted by Gasteiger charge is 2.22. The monoisotopic (exact) mass is 545 g/mol. The standard InChI is InChI=1S/C30H31N3O5S/c1-18-6-7-21(16-19(18)2)27(34)20(3)39-30-32-26-17-22(28(35)31-14-15-37-4)8-13-25(26)29(36)33(30)23-9-11-24(38-5)12-10-23/h6-13,16-17,20H,14-15H2,1-5H3,(H,31,35)/t20-/m1/s1. The van der Waals surface area contributed by atoms with Gasteiger partial charge < -0.3 is 14.8 Å². The number of carbonyl (C=O) groups is 2. The minimum atomic E-state index is -0.526. The Bertz CT molecular complexity index is 1580. The molecule has 0 aliphatic carbocycles. The molecule has 1 N–H and O–H groups in total. The predicted octanol–water partition coefficient (Wildman–Crippen LogP) is 4.75. The molecule has 0 unspecified atom stereocenters. The molecule has 39 heavy (non-hydrogen) atoms. The molecule has 1 aromatic heterocycles. The van der Waals surface area contributed by atoms with E-state index in [0.29, 0.717) is 51.8 Å². The van der Waals surface area contributed by atoms with Crippen molar-refractivity contribution in [3.05, 3.63) is 93.3 Å². The van der Waals surface area contributed by atoms with Crippen LogP contribution in [-0.2, 0) is 4.74 Å². The summed E-state index contributed by atoms with van der Waals surface area (Å²) in [7, 11) is 3.13. The Hall–Kier alpha value is -3.95. The molecule has 0 saturated carbocycles. The molecular weight excluding hydrogens is 514 g/mol. The summed E-state index contributed by atoms with van der Waals surface area (Å²) in [5.74, 6) is 0.296.